The Labute approximate surface area is 195 Å². The van der Waals surface area contributed by atoms with E-state index >= 15 is 0 Å². The molecule has 0 spiro atoms. The average molecular weight is 458 g/mol. The molecule has 8 heteroatoms. The van der Waals surface area contributed by atoms with E-state index in [2.05, 4.69) is 0 Å². The van der Waals surface area contributed by atoms with Crippen LogP contribution in [0.4, 0.5) is 0 Å². The van der Waals surface area contributed by atoms with Crippen LogP contribution in [-0.4, -0.2) is 33.9 Å². The summed E-state index contributed by atoms with van der Waals surface area (Å²) in [6.45, 7) is 1.46. The van der Waals surface area contributed by atoms with Gasteiger partial charge in [0, 0.05) is 24.4 Å². The lowest BCUT2D eigenvalue weighted by atomic mass is 10.1. The number of carboxylic acids is 1. The third-order valence-electron chi connectivity index (χ3n) is 5.33. The Morgan fingerprint density at radius 2 is 1.59 bits per heavy atom. The quantitative estimate of drug-likeness (QED) is 0.290. The third-order valence-corrected chi connectivity index (χ3v) is 5.33. The lowest BCUT2D eigenvalue weighted by molar-refractivity contribution is -0.139. The fourth-order valence-electron chi connectivity index (χ4n) is 3.84. The maximum atomic E-state index is 12.8. The number of ether oxygens (including phenoxy) is 2. The van der Waals surface area contributed by atoms with Crippen molar-refractivity contribution in [3.63, 3.8) is 0 Å². The van der Waals surface area contributed by atoms with Gasteiger partial charge >= 0.3 is 5.97 Å². The number of carbonyl (C=O) groups is 3. The first-order valence-corrected chi connectivity index (χ1v) is 10.5. The minimum atomic E-state index is -1.19. The molecule has 0 fully saturated rings. The second kappa shape index (κ2) is 9.50. The van der Waals surface area contributed by atoms with Gasteiger partial charge < -0.3 is 24.9 Å². The number of fused-ring (bicyclic) bond motifs is 1. The van der Waals surface area contributed by atoms with Crippen LogP contribution in [-0.2, 0) is 16.1 Å². The Balaban J connectivity index is 1.96. The monoisotopic (exact) mass is 458 g/mol. The molecule has 0 atom stereocenters. The fourth-order valence-corrected chi connectivity index (χ4v) is 3.84. The van der Waals surface area contributed by atoms with Crippen molar-refractivity contribution in [1.82, 2.24) is 4.57 Å². The van der Waals surface area contributed by atoms with Gasteiger partial charge in [-0.3, -0.25) is 9.59 Å². The van der Waals surface area contributed by atoms with Crippen molar-refractivity contribution in [2.45, 2.75) is 13.5 Å². The Morgan fingerprint density at radius 1 is 0.941 bits per heavy atom. The van der Waals surface area contributed by atoms with Crippen molar-refractivity contribution in [2.24, 2.45) is 5.73 Å². The molecule has 0 bridgehead atoms. The molecule has 3 N–H and O–H groups in total. The molecule has 0 unspecified atom stereocenters. The van der Waals surface area contributed by atoms with Crippen LogP contribution >= 0.6 is 0 Å². The largest absolute Gasteiger partial charge is 0.481 e. The van der Waals surface area contributed by atoms with Gasteiger partial charge in [0.2, 0.25) is 0 Å². The standard InChI is InChI=1S/C26H22N2O6/c1-16-23(25(31)26(27)32)24-20(28(16)14-17-8-4-2-5-9-17)12-19(13-21(24)33-15-22(29)30)34-18-10-6-3-7-11-18/h2-13H,14-15H2,1H3,(H2,27,32)(H,29,30). The maximum Gasteiger partial charge on any atom is 0.341 e. The first-order chi connectivity index (χ1) is 16.3. The normalized spacial score (nSPS) is 10.7. The van der Waals surface area contributed by atoms with Crippen LogP contribution in [0.15, 0.2) is 72.8 Å². The maximum absolute atomic E-state index is 12.8. The van der Waals surface area contributed by atoms with Crippen molar-refractivity contribution in [3.05, 3.63) is 89.6 Å². The summed E-state index contributed by atoms with van der Waals surface area (Å²) < 4.78 is 13.4. The predicted molar refractivity (Wildman–Crippen MR) is 125 cm³/mol. The number of rotatable bonds is 9. The van der Waals surface area contributed by atoms with E-state index in [4.69, 9.17) is 15.2 Å². The number of ketones is 1. The van der Waals surface area contributed by atoms with Crippen molar-refractivity contribution >= 4 is 28.6 Å². The topological polar surface area (TPSA) is 121 Å². The van der Waals surface area contributed by atoms with E-state index in [9.17, 15) is 19.5 Å². The van der Waals surface area contributed by atoms with Crippen LogP contribution in [0, 0.1) is 6.92 Å². The van der Waals surface area contributed by atoms with E-state index in [1.807, 2.05) is 53.1 Å². The smallest absolute Gasteiger partial charge is 0.341 e. The number of para-hydroxylation sites is 1. The summed E-state index contributed by atoms with van der Waals surface area (Å²) in [5.74, 6) is -2.14. The van der Waals surface area contributed by atoms with Crippen molar-refractivity contribution < 1.29 is 29.0 Å². The zero-order valence-corrected chi connectivity index (χ0v) is 18.4. The molecule has 1 amide bonds. The molecule has 3 aromatic carbocycles. The number of hydrogen-bond acceptors (Lipinski definition) is 5. The van der Waals surface area contributed by atoms with Gasteiger partial charge in [0.25, 0.3) is 11.7 Å². The van der Waals surface area contributed by atoms with Crippen LogP contribution in [0.3, 0.4) is 0 Å². The van der Waals surface area contributed by atoms with E-state index in [0.29, 0.717) is 34.6 Å². The second-order valence-corrected chi connectivity index (χ2v) is 7.64. The number of nitrogens with zero attached hydrogens (tertiary/aromatic N) is 1. The summed E-state index contributed by atoms with van der Waals surface area (Å²) in [5.41, 5.74) is 7.41. The van der Waals surface area contributed by atoms with Gasteiger partial charge in [0.05, 0.1) is 16.5 Å². The van der Waals surface area contributed by atoms with Crippen LogP contribution in [0.25, 0.3) is 10.9 Å². The minimum absolute atomic E-state index is 0.0741. The number of amides is 1. The Hall–Kier alpha value is -4.59. The van der Waals surface area contributed by atoms with Crippen LogP contribution in [0.5, 0.6) is 17.2 Å². The van der Waals surface area contributed by atoms with Gasteiger partial charge in [0.15, 0.2) is 6.61 Å². The van der Waals surface area contributed by atoms with Gasteiger partial charge in [-0.2, -0.15) is 0 Å². The van der Waals surface area contributed by atoms with Crippen molar-refractivity contribution in [2.75, 3.05) is 6.61 Å². The summed E-state index contributed by atoms with van der Waals surface area (Å²) in [6, 6.07) is 21.9. The molecule has 0 aliphatic heterocycles. The number of aliphatic carboxylic acids is 1. The molecule has 34 heavy (non-hydrogen) atoms. The summed E-state index contributed by atoms with van der Waals surface area (Å²) in [4.78, 5) is 35.9. The lowest BCUT2D eigenvalue weighted by Gasteiger charge is -2.13. The Bertz CT molecular complexity index is 1380. The number of Topliss-reactive ketones (excluding diaryl/α,β-unsaturated/α-hetero) is 1. The van der Waals surface area contributed by atoms with Crippen molar-refractivity contribution in [1.29, 1.82) is 0 Å². The minimum Gasteiger partial charge on any atom is -0.481 e. The first-order valence-electron chi connectivity index (χ1n) is 10.5. The van der Waals surface area contributed by atoms with E-state index in [0.717, 1.165) is 5.56 Å². The highest BCUT2D eigenvalue weighted by Crippen LogP contribution is 2.39. The van der Waals surface area contributed by atoms with E-state index in [1.54, 1.807) is 25.1 Å². The van der Waals surface area contributed by atoms with Gasteiger partial charge in [-0.05, 0) is 24.6 Å². The number of aromatic nitrogens is 1. The molecule has 0 saturated carbocycles. The van der Waals surface area contributed by atoms with Crippen LogP contribution in [0.2, 0.25) is 0 Å². The van der Waals surface area contributed by atoms with Gasteiger partial charge in [-0.15, -0.1) is 0 Å². The molecule has 0 saturated heterocycles. The summed E-state index contributed by atoms with van der Waals surface area (Å²) in [7, 11) is 0. The Kier molecular flexibility index (Phi) is 6.31. The van der Waals surface area contributed by atoms with Crippen LogP contribution in [0.1, 0.15) is 21.6 Å². The molecule has 172 valence electrons. The SMILES string of the molecule is Cc1c(C(=O)C(N)=O)c2c(OCC(=O)O)cc(Oc3ccccc3)cc2n1Cc1ccccc1. The highest BCUT2D eigenvalue weighted by atomic mass is 16.5. The number of primary amides is 1. The average Bonchev–Trinajstić information content (AvgIpc) is 3.09. The van der Waals surface area contributed by atoms with Crippen LogP contribution < -0.4 is 15.2 Å². The number of hydrogen-bond donors (Lipinski definition) is 2. The molecular formula is C26H22N2O6. The molecule has 8 nitrogen and oxygen atoms in total. The second-order valence-electron chi connectivity index (χ2n) is 7.64. The van der Waals surface area contributed by atoms with Gasteiger partial charge in [-0.25, -0.2) is 4.79 Å². The molecule has 1 heterocycles. The molecule has 0 radical (unpaired) electrons. The Morgan fingerprint density at radius 3 is 2.21 bits per heavy atom. The zero-order chi connectivity index (χ0) is 24.2. The molecule has 4 rings (SSSR count). The molecule has 0 aliphatic rings. The predicted octanol–water partition coefficient (Wildman–Crippen LogP) is 3.92. The summed E-state index contributed by atoms with van der Waals surface area (Å²) in [5, 5.41) is 9.47. The van der Waals surface area contributed by atoms with E-state index in [-0.39, 0.29) is 11.3 Å². The fraction of sp³-hybridized carbons (Fsp3) is 0.115. The summed E-state index contributed by atoms with van der Waals surface area (Å²) in [6.07, 6.45) is 0. The molecular weight excluding hydrogens is 436 g/mol. The van der Waals surface area contributed by atoms with E-state index in [1.165, 1.54) is 6.07 Å². The highest BCUT2D eigenvalue weighted by Gasteiger charge is 2.27. The van der Waals surface area contributed by atoms with Gasteiger partial charge in [0.1, 0.15) is 17.2 Å². The number of nitrogens with two attached hydrogens (primary N) is 1. The summed E-state index contributed by atoms with van der Waals surface area (Å²) >= 11 is 0. The lowest BCUT2D eigenvalue weighted by Crippen LogP contribution is -2.24. The number of carbonyl (C=O) groups excluding carboxylic acids is 2. The molecule has 0 aliphatic carbocycles. The molecule has 1 aromatic heterocycles. The van der Waals surface area contributed by atoms with Crippen molar-refractivity contribution in [3.8, 4) is 17.2 Å². The highest BCUT2D eigenvalue weighted by molar-refractivity contribution is 6.45. The number of benzene rings is 3. The van der Waals surface area contributed by atoms with E-state index < -0.39 is 24.3 Å². The third kappa shape index (κ3) is 4.61. The molecule has 4 aromatic rings. The van der Waals surface area contributed by atoms with Gasteiger partial charge in [-0.1, -0.05) is 48.5 Å². The first kappa shape index (κ1) is 22.6. The number of carboxylic acid groups (broad SMARTS) is 1. The zero-order valence-electron chi connectivity index (χ0n) is 18.4.